The molecule has 3 N–H and O–H groups in total. The normalized spacial score (nSPS) is 17.8. The van der Waals surface area contributed by atoms with Gasteiger partial charge in [-0.25, -0.2) is 4.98 Å². The van der Waals surface area contributed by atoms with Gasteiger partial charge in [0.1, 0.15) is 5.56 Å². The number of amides is 3. The maximum absolute atomic E-state index is 13.2. The minimum absolute atomic E-state index is 0.0123. The van der Waals surface area contributed by atoms with Crippen molar-refractivity contribution in [2.24, 2.45) is 11.7 Å². The Morgan fingerprint density at radius 3 is 2.59 bits per heavy atom. The van der Waals surface area contributed by atoms with Gasteiger partial charge >= 0.3 is 11.8 Å². The monoisotopic (exact) mass is 479 g/mol. The third-order valence-electron chi connectivity index (χ3n) is 5.85. The number of primary amides is 1. The van der Waals surface area contributed by atoms with Crippen LogP contribution in [0.4, 0.5) is 5.69 Å². The van der Waals surface area contributed by atoms with Crippen LogP contribution in [-0.2, 0) is 9.59 Å². The maximum atomic E-state index is 13.2. The predicted molar refractivity (Wildman–Crippen MR) is 128 cm³/mol. The minimum atomic E-state index is -0.803. The van der Waals surface area contributed by atoms with E-state index < -0.39 is 17.7 Å². The first-order valence-electron chi connectivity index (χ1n) is 10.8. The molecule has 176 valence electrons. The zero-order valence-corrected chi connectivity index (χ0v) is 19.7. The van der Waals surface area contributed by atoms with E-state index in [0.29, 0.717) is 6.54 Å². The summed E-state index contributed by atoms with van der Waals surface area (Å²) < 4.78 is 5.01. The molecule has 2 atom stereocenters. The van der Waals surface area contributed by atoms with Crippen LogP contribution >= 0.6 is 11.3 Å². The number of aromatic nitrogens is 2. The Bertz CT molecular complexity index is 1200. The molecule has 3 aromatic rings. The highest BCUT2D eigenvalue weighted by Crippen LogP contribution is 2.35. The van der Waals surface area contributed by atoms with Gasteiger partial charge in [0.05, 0.1) is 35.4 Å². The number of rotatable bonds is 5. The van der Waals surface area contributed by atoms with Crippen LogP contribution in [0, 0.1) is 5.92 Å². The van der Waals surface area contributed by atoms with E-state index in [9.17, 15) is 14.4 Å². The Labute approximate surface area is 201 Å². The van der Waals surface area contributed by atoms with Crippen LogP contribution in [0.2, 0.25) is 0 Å². The largest absolute Gasteiger partial charge is 0.480 e. The topological polar surface area (TPSA) is 128 Å². The molecule has 3 heterocycles. The molecule has 1 aliphatic heterocycles. The molecule has 34 heavy (non-hydrogen) atoms. The lowest BCUT2D eigenvalue weighted by Crippen LogP contribution is -2.46. The number of ether oxygens (including phenoxy) is 1. The van der Waals surface area contributed by atoms with Crippen LogP contribution < -0.4 is 15.8 Å². The molecule has 1 aliphatic rings. The first kappa shape index (κ1) is 23.4. The van der Waals surface area contributed by atoms with E-state index in [2.05, 4.69) is 22.2 Å². The summed E-state index contributed by atoms with van der Waals surface area (Å²) in [5, 5.41) is 2.54. The number of hydrogen-bond acceptors (Lipinski definition) is 7. The molecule has 0 aliphatic carbocycles. The van der Waals surface area contributed by atoms with Gasteiger partial charge in [0.15, 0.2) is 0 Å². The highest BCUT2D eigenvalue weighted by Gasteiger charge is 2.34. The summed E-state index contributed by atoms with van der Waals surface area (Å²) in [6.45, 7) is 2.54. The predicted octanol–water partition coefficient (Wildman–Crippen LogP) is 3.25. The van der Waals surface area contributed by atoms with Crippen LogP contribution in [0.15, 0.2) is 48.2 Å². The molecule has 0 bridgehead atoms. The summed E-state index contributed by atoms with van der Waals surface area (Å²) in [4.78, 5) is 48.5. The summed E-state index contributed by atoms with van der Waals surface area (Å²) in [5.74, 6) is -1.88. The molecular formula is C24H25N5O4S. The van der Waals surface area contributed by atoms with Crippen molar-refractivity contribution in [2.75, 3.05) is 19.0 Å². The number of carbonyl (C=O) groups is 3. The van der Waals surface area contributed by atoms with Gasteiger partial charge < -0.3 is 20.7 Å². The number of nitrogens with two attached hydrogens (primary N) is 1. The Kier molecular flexibility index (Phi) is 6.87. The number of piperidine rings is 1. The van der Waals surface area contributed by atoms with Gasteiger partial charge in [-0.1, -0.05) is 31.2 Å². The Balaban J connectivity index is 1.53. The SMILES string of the molecule is COc1ncc(NC(=O)C(=O)N2CC(C)CCC2c2ccc(-c3cncs3)cc2)cc1C(N)=O. The van der Waals surface area contributed by atoms with Crippen molar-refractivity contribution in [1.29, 1.82) is 0 Å². The van der Waals surface area contributed by atoms with Crippen molar-refractivity contribution in [1.82, 2.24) is 14.9 Å². The molecule has 0 saturated carbocycles. The Morgan fingerprint density at radius 2 is 1.94 bits per heavy atom. The van der Waals surface area contributed by atoms with E-state index in [1.165, 1.54) is 19.4 Å². The summed E-state index contributed by atoms with van der Waals surface area (Å²) in [5.41, 5.74) is 9.37. The van der Waals surface area contributed by atoms with Crippen molar-refractivity contribution in [3.05, 3.63) is 59.4 Å². The third-order valence-corrected chi connectivity index (χ3v) is 6.67. The number of pyridine rings is 1. The second-order valence-corrected chi connectivity index (χ2v) is 9.13. The standard InChI is InChI=1S/C24H25N5O4S/c1-14-3-8-19(15-4-6-16(7-5-15)20-11-26-13-34-20)29(12-14)24(32)22(31)28-17-9-18(21(25)30)23(33-2)27-10-17/h4-7,9-11,13-14,19H,3,8,12H2,1-2H3,(H2,25,30)(H,28,31). The Morgan fingerprint density at radius 1 is 1.18 bits per heavy atom. The fraction of sp³-hybridized carbons (Fsp3) is 0.292. The first-order valence-corrected chi connectivity index (χ1v) is 11.7. The summed E-state index contributed by atoms with van der Waals surface area (Å²) in [7, 11) is 1.36. The highest BCUT2D eigenvalue weighted by molar-refractivity contribution is 7.13. The molecule has 2 aromatic heterocycles. The van der Waals surface area contributed by atoms with Crippen molar-refractivity contribution in [2.45, 2.75) is 25.8 Å². The minimum Gasteiger partial charge on any atom is -0.480 e. The van der Waals surface area contributed by atoms with Gasteiger partial charge in [0.25, 0.3) is 5.91 Å². The van der Waals surface area contributed by atoms with Crippen LogP contribution in [-0.4, -0.2) is 46.2 Å². The number of benzene rings is 1. The molecule has 1 fully saturated rings. The number of likely N-dealkylation sites (tertiary alicyclic amines) is 1. The van der Waals surface area contributed by atoms with Crippen molar-refractivity contribution < 1.29 is 19.1 Å². The molecular weight excluding hydrogens is 454 g/mol. The fourth-order valence-corrected chi connectivity index (χ4v) is 4.76. The average Bonchev–Trinajstić information content (AvgIpc) is 3.38. The average molecular weight is 480 g/mol. The van der Waals surface area contributed by atoms with E-state index in [1.54, 1.807) is 21.7 Å². The summed E-state index contributed by atoms with van der Waals surface area (Å²) >= 11 is 1.56. The summed E-state index contributed by atoms with van der Waals surface area (Å²) in [6.07, 6.45) is 4.85. The van der Waals surface area contributed by atoms with Crippen LogP contribution in [0.1, 0.15) is 41.7 Å². The molecule has 4 rings (SSSR count). The van der Waals surface area contributed by atoms with Crippen molar-refractivity contribution in [3.63, 3.8) is 0 Å². The van der Waals surface area contributed by atoms with E-state index in [4.69, 9.17) is 10.5 Å². The first-order chi connectivity index (χ1) is 16.4. The zero-order chi connectivity index (χ0) is 24.2. The van der Waals surface area contributed by atoms with E-state index in [0.717, 1.165) is 28.8 Å². The van der Waals surface area contributed by atoms with Gasteiger partial charge in [-0.2, -0.15) is 0 Å². The van der Waals surface area contributed by atoms with Crippen molar-refractivity contribution in [3.8, 4) is 16.3 Å². The fourth-order valence-electron chi connectivity index (χ4n) is 4.13. The molecule has 2 unspecified atom stereocenters. The van der Waals surface area contributed by atoms with Gasteiger partial charge in [-0.15, -0.1) is 11.3 Å². The number of nitrogens with zero attached hydrogens (tertiary/aromatic N) is 3. The van der Waals surface area contributed by atoms with E-state index >= 15 is 0 Å². The number of thiazole rings is 1. The lowest BCUT2D eigenvalue weighted by Gasteiger charge is -2.38. The number of hydrogen-bond donors (Lipinski definition) is 2. The van der Waals surface area contributed by atoms with Gasteiger partial charge in [-0.05, 0) is 36.0 Å². The summed E-state index contributed by atoms with van der Waals surface area (Å²) in [6, 6.07) is 9.16. The molecule has 0 spiro atoms. The zero-order valence-electron chi connectivity index (χ0n) is 18.9. The van der Waals surface area contributed by atoms with Crippen LogP contribution in [0.5, 0.6) is 5.88 Å². The van der Waals surface area contributed by atoms with Crippen LogP contribution in [0.25, 0.3) is 10.4 Å². The lowest BCUT2D eigenvalue weighted by atomic mass is 9.89. The quantitative estimate of drug-likeness (QED) is 0.541. The van der Waals surface area contributed by atoms with Gasteiger partial charge in [-0.3, -0.25) is 19.4 Å². The second kappa shape index (κ2) is 10.0. The Hall–Kier alpha value is -3.79. The van der Waals surface area contributed by atoms with E-state index in [1.807, 2.05) is 30.5 Å². The van der Waals surface area contributed by atoms with Gasteiger partial charge in [0, 0.05) is 12.7 Å². The van der Waals surface area contributed by atoms with E-state index in [-0.39, 0.29) is 29.1 Å². The molecule has 3 amide bonds. The number of anilines is 1. The number of carbonyl (C=O) groups excluding carboxylic acids is 3. The molecule has 10 heteroatoms. The molecule has 1 aromatic carbocycles. The van der Waals surface area contributed by atoms with Crippen molar-refractivity contribution >= 4 is 34.7 Å². The lowest BCUT2D eigenvalue weighted by molar-refractivity contribution is -0.146. The number of nitrogens with one attached hydrogen (secondary N) is 1. The van der Waals surface area contributed by atoms with Gasteiger partial charge in [0.2, 0.25) is 5.88 Å². The smallest absolute Gasteiger partial charge is 0.313 e. The number of methoxy groups -OCH3 is 1. The third kappa shape index (κ3) is 4.91. The highest BCUT2D eigenvalue weighted by atomic mass is 32.1. The molecule has 9 nitrogen and oxygen atoms in total. The molecule has 0 radical (unpaired) electrons. The molecule has 1 saturated heterocycles. The maximum Gasteiger partial charge on any atom is 0.313 e. The second-order valence-electron chi connectivity index (χ2n) is 8.24. The van der Waals surface area contributed by atoms with Crippen LogP contribution in [0.3, 0.4) is 0 Å².